The first-order valence-corrected chi connectivity index (χ1v) is 12.3. The van der Waals surface area contributed by atoms with Crippen molar-refractivity contribution in [2.24, 2.45) is 12.5 Å². The second kappa shape index (κ2) is 10.3. The van der Waals surface area contributed by atoms with Crippen molar-refractivity contribution >= 4 is 5.82 Å². The number of hydrogen-bond acceptors (Lipinski definition) is 7. The third-order valence-corrected chi connectivity index (χ3v) is 7.34. The molecule has 1 saturated carbocycles. The number of hydrogen-bond donors (Lipinski definition) is 1. The molecule has 3 atom stereocenters. The van der Waals surface area contributed by atoms with Gasteiger partial charge in [-0.1, -0.05) is 39.2 Å². The van der Waals surface area contributed by atoms with Crippen LogP contribution in [0.15, 0.2) is 35.3 Å². The Balaban J connectivity index is 1.56. The smallest absolute Gasteiger partial charge is 0.350 e. The second-order valence-electron chi connectivity index (χ2n) is 9.91. The van der Waals surface area contributed by atoms with Gasteiger partial charge in [-0.2, -0.15) is 9.37 Å². The Morgan fingerprint density at radius 2 is 2.03 bits per heavy atom. The summed E-state index contributed by atoms with van der Waals surface area (Å²) < 4.78 is 30.5. The standard InChI is InChI=1S/C26H32F2N6O2/c1-5-11-26(2)12-7-6-8-19(23(26)28)33(3)22-15-29-24(32-31-22)17-10-9-16(13-20(17)35)18-14-21(27)34(4)25(36)30-18/h9-10,13-15,19,23,35H,5-8,11-12H2,1-4H3/t19-,23-,26+/m0/s1. The number of benzene rings is 1. The molecule has 0 unspecified atom stereocenters. The highest BCUT2D eigenvalue weighted by Crippen LogP contribution is 2.42. The summed E-state index contributed by atoms with van der Waals surface area (Å²) in [6.07, 6.45) is 5.91. The van der Waals surface area contributed by atoms with E-state index in [1.54, 1.807) is 12.1 Å². The van der Waals surface area contributed by atoms with Gasteiger partial charge in [0.1, 0.15) is 11.9 Å². The van der Waals surface area contributed by atoms with E-state index in [9.17, 15) is 14.3 Å². The fraction of sp³-hybridized carbons (Fsp3) is 0.500. The Bertz CT molecular complexity index is 1280. The summed E-state index contributed by atoms with van der Waals surface area (Å²) in [7, 11) is 3.11. The van der Waals surface area contributed by atoms with Crippen molar-refractivity contribution in [1.29, 1.82) is 0 Å². The fourth-order valence-corrected chi connectivity index (χ4v) is 5.12. The SMILES string of the molecule is CCC[C@]1(C)CCCC[C@H](N(C)c2cnc(-c3ccc(-c4cc(F)n(C)c(=O)n4)cc3O)nn2)[C@@H]1F. The van der Waals surface area contributed by atoms with Crippen LogP contribution in [-0.2, 0) is 7.05 Å². The summed E-state index contributed by atoms with van der Waals surface area (Å²) >= 11 is 0. The van der Waals surface area contributed by atoms with Crippen LogP contribution in [0.1, 0.15) is 52.4 Å². The molecule has 192 valence electrons. The van der Waals surface area contributed by atoms with E-state index in [0.717, 1.165) is 49.2 Å². The molecule has 1 aliphatic rings. The first-order chi connectivity index (χ1) is 17.1. The summed E-state index contributed by atoms with van der Waals surface area (Å²) in [6, 6.07) is 5.32. The van der Waals surface area contributed by atoms with Crippen molar-refractivity contribution in [1.82, 2.24) is 24.7 Å². The maximum absolute atomic E-state index is 15.7. The Morgan fingerprint density at radius 1 is 1.25 bits per heavy atom. The molecule has 0 amide bonds. The zero-order chi connectivity index (χ0) is 26.0. The molecule has 0 radical (unpaired) electrons. The highest BCUT2D eigenvalue weighted by Gasteiger charge is 2.42. The number of alkyl halides is 1. The van der Waals surface area contributed by atoms with Gasteiger partial charge in [0.15, 0.2) is 17.6 Å². The van der Waals surface area contributed by atoms with Crippen molar-refractivity contribution in [2.45, 2.75) is 64.6 Å². The third kappa shape index (κ3) is 4.94. The lowest BCUT2D eigenvalue weighted by atomic mass is 9.76. The van der Waals surface area contributed by atoms with Gasteiger partial charge in [0.2, 0.25) is 0 Å². The minimum atomic E-state index is -0.990. The van der Waals surface area contributed by atoms with Gasteiger partial charge in [-0.05, 0) is 31.4 Å². The first-order valence-electron chi connectivity index (χ1n) is 12.3. The predicted molar refractivity (Wildman–Crippen MR) is 134 cm³/mol. The van der Waals surface area contributed by atoms with Gasteiger partial charge in [0.05, 0.1) is 23.5 Å². The van der Waals surface area contributed by atoms with Crippen LogP contribution >= 0.6 is 0 Å². The van der Waals surface area contributed by atoms with E-state index in [1.165, 1.54) is 19.3 Å². The fourth-order valence-electron chi connectivity index (χ4n) is 5.12. The summed E-state index contributed by atoms with van der Waals surface area (Å²) in [5.74, 6) is -0.253. The van der Waals surface area contributed by atoms with Crippen molar-refractivity contribution in [3.63, 3.8) is 0 Å². The Morgan fingerprint density at radius 3 is 2.67 bits per heavy atom. The molecule has 2 heterocycles. The van der Waals surface area contributed by atoms with Gasteiger partial charge < -0.3 is 10.0 Å². The molecule has 8 nitrogen and oxygen atoms in total. The Kier molecular flexibility index (Phi) is 7.33. The Labute approximate surface area is 209 Å². The maximum Gasteiger partial charge on any atom is 0.350 e. The highest BCUT2D eigenvalue weighted by molar-refractivity contribution is 5.71. The summed E-state index contributed by atoms with van der Waals surface area (Å²) in [5.41, 5.74) is -0.306. The van der Waals surface area contributed by atoms with E-state index < -0.39 is 17.8 Å². The number of anilines is 1. The lowest BCUT2D eigenvalue weighted by Crippen LogP contribution is -2.46. The van der Waals surface area contributed by atoms with E-state index in [1.807, 2.05) is 18.9 Å². The normalized spacial score (nSPS) is 22.3. The van der Waals surface area contributed by atoms with Crippen molar-refractivity contribution in [3.05, 3.63) is 46.9 Å². The van der Waals surface area contributed by atoms with E-state index in [2.05, 4.69) is 27.1 Å². The van der Waals surface area contributed by atoms with Crippen LogP contribution in [0.3, 0.4) is 0 Å². The molecule has 4 rings (SSSR count). The van der Waals surface area contributed by atoms with E-state index >= 15 is 4.39 Å². The quantitative estimate of drug-likeness (QED) is 0.390. The van der Waals surface area contributed by atoms with Crippen LogP contribution in [0.2, 0.25) is 0 Å². The highest BCUT2D eigenvalue weighted by atomic mass is 19.1. The molecular formula is C26H32F2N6O2. The molecule has 3 aromatic rings. The lowest BCUT2D eigenvalue weighted by Gasteiger charge is -2.39. The predicted octanol–water partition coefficient (Wildman–Crippen LogP) is 4.67. The largest absolute Gasteiger partial charge is 0.507 e. The monoisotopic (exact) mass is 498 g/mol. The molecule has 10 heteroatoms. The zero-order valence-electron chi connectivity index (χ0n) is 21.1. The molecule has 2 aromatic heterocycles. The van der Waals surface area contributed by atoms with Gasteiger partial charge >= 0.3 is 5.69 Å². The summed E-state index contributed by atoms with van der Waals surface area (Å²) in [5, 5.41) is 19.0. The minimum absolute atomic E-state index is 0.104. The van der Waals surface area contributed by atoms with Crippen molar-refractivity contribution in [3.8, 4) is 28.4 Å². The van der Waals surface area contributed by atoms with E-state index in [4.69, 9.17) is 0 Å². The van der Waals surface area contributed by atoms with Crippen molar-refractivity contribution < 1.29 is 13.9 Å². The van der Waals surface area contributed by atoms with Crippen LogP contribution in [0.25, 0.3) is 22.6 Å². The van der Waals surface area contributed by atoms with Crippen LogP contribution in [0.4, 0.5) is 14.6 Å². The van der Waals surface area contributed by atoms with Gasteiger partial charge in [-0.15, -0.1) is 10.2 Å². The van der Waals surface area contributed by atoms with Gasteiger partial charge in [0, 0.05) is 31.1 Å². The first kappa shape index (κ1) is 25.7. The van der Waals surface area contributed by atoms with Crippen molar-refractivity contribution in [2.75, 3.05) is 11.9 Å². The zero-order valence-corrected chi connectivity index (χ0v) is 21.1. The molecule has 1 N–H and O–H groups in total. The molecule has 36 heavy (non-hydrogen) atoms. The molecule has 1 aliphatic carbocycles. The third-order valence-electron chi connectivity index (χ3n) is 7.34. The number of aromatic nitrogens is 5. The number of rotatable bonds is 6. The number of phenolic OH excluding ortho intramolecular Hbond substituents is 1. The molecule has 1 aromatic carbocycles. The summed E-state index contributed by atoms with van der Waals surface area (Å²) in [4.78, 5) is 21.8. The molecule has 0 spiro atoms. The lowest BCUT2D eigenvalue weighted by molar-refractivity contribution is 0.0868. The topological polar surface area (TPSA) is 97.0 Å². The molecular weight excluding hydrogens is 466 g/mol. The van der Waals surface area contributed by atoms with Gasteiger partial charge in [0.25, 0.3) is 0 Å². The average Bonchev–Trinajstić information content (AvgIpc) is 3.00. The molecule has 0 aliphatic heterocycles. The van der Waals surface area contributed by atoms with Crippen LogP contribution < -0.4 is 10.6 Å². The number of nitrogens with zero attached hydrogens (tertiary/aromatic N) is 6. The van der Waals surface area contributed by atoms with Crippen LogP contribution in [0.5, 0.6) is 5.75 Å². The number of phenols is 1. The van der Waals surface area contributed by atoms with Crippen LogP contribution in [0, 0.1) is 11.4 Å². The maximum atomic E-state index is 15.7. The molecule has 1 fully saturated rings. The Hall–Kier alpha value is -3.43. The second-order valence-corrected chi connectivity index (χ2v) is 9.91. The van der Waals surface area contributed by atoms with Crippen LogP contribution in [-0.4, -0.2) is 49.1 Å². The minimum Gasteiger partial charge on any atom is -0.507 e. The number of aromatic hydroxyl groups is 1. The number of halogens is 2. The molecule has 0 bridgehead atoms. The van der Waals surface area contributed by atoms with Gasteiger partial charge in [-0.25, -0.2) is 14.2 Å². The average molecular weight is 499 g/mol. The molecule has 0 saturated heterocycles. The van der Waals surface area contributed by atoms with E-state index in [-0.39, 0.29) is 28.7 Å². The van der Waals surface area contributed by atoms with E-state index in [0.29, 0.717) is 16.9 Å². The van der Waals surface area contributed by atoms with Gasteiger partial charge in [-0.3, -0.25) is 4.57 Å². The summed E-state index contributed by atoms with van der Waals surface area (Å²) in [6.45, 7) is 4.14.